The van der Waals surface area contributed by atoms with Gasteiger partial charge in [0.15, 0.2) is 0 Å². The van der Waals surface area contributed by atoms with Gasteiger partial charge < -0.3 is 10.6 Å². The van der Waals surface area contributed by atoms with E-state index in [1.165, 1.54) is 116 Å². The van der Waals surface area contributed by atoms with Gasteiger partial charge in [-0.05, 0) is 109 Å². The molecule has 0 aromatic rings. The Morgan fingerprint density at radius 3 is 1.52 bits per heavy atom. The van der Waals surface area contributed by atoms with Crippen molar-refractivity contribution in [2.24, 2.45) is 35.5 Å². The first-order chi connectivity index (χ1) is 27.3. The number of fused-ring (bicyclic) bond motifs is 2. The van der Waals surface area contributed by atoms with Crippen molar-refractivity contribution < 1.29 is 19.2 Å². The van der Waals surface area contributed by atoms with Crippen LogP contribution < -0.4 is 10.6 Å². The van der Waals surface area contributed by atoms with E-state index in [4.69, 9.17) is 0 Å². The molecule has 2 N–H and O–H groups in total. The van der Waals surface area contributed by atoms with Crippen LogP contribution in [0.5, 0.6) is 0 Å². The fourth-order valence-electron chi connectivity index (χ4n) is 10.1. The van der Waals surface area contributed by atoms with Crippen LogP contribution in [0.1, 0.15) is 214 Å². The van der Waals surface area contributed by atoms with Crippen molar-refractivity contribution in [3.05, 3.63) is 30.7 Å². The molecule has 2 saturated heterocycles. The summed E-state index contributed by atoms with van der Waals surface area (Å²) in [4.78, 5) is 45.5. The van der Waals surface area contributed by atoms with E-state index >= 15 is 0 Å². The number of amides is 2. The molecule has 6 heteroatoms. The van der Waals surface area contributed by atoms with E-state index in [-0.39, 0.29) is 5.91 Å². The second-order valence-electron chi connectivity index (χ2n) is 18.1. The Morgan fingerprint density at radius 1 is 0.518 bits per heavy atom. The second-order valence-corrected chi connectivity index (χ2v) is 18.1. The molecule has 2 heterocycles. The zero-order valence-corrected chi connectivity index (χ0v) is 36.6. The number of β-lactam (4-membered cyclic amide) rings is 2. The van der Waals surface area contributed by atoms with Crippen molar-refractivity contribution in [2.75, 3.05) is 0 Å². The molecular formula is C50H85N2O4+. The summed E-state index contributed by atoms with van der Waals surface area (Å²) in [7, 11) is 0. The van der Waals surface area contributed by atoms with Crippen molar-refractivity contribution in [3.63, 3.8) is 0 Å². The lowest BCUT2D eigenvalue weighted by Gasteiger charge is -2.37. The van der Waals surface area contributed by atoms with Gasteiger partial charge in [-0.3, -0.25) is 19.2 Å². The Kier molecular flexibility index (Phi) is 24.8. The Hall–Kier alpha value is -2.37. The summed E-state index contributed by atoms with van der Waals surface area (Å²) < 4.78 is 0. The van der Waals surface area contributed by atoms with Gasteiger partial charge in [-0.15, -0.1) is 0 Å². The summed E-state index contributed by atoms with van der Waals surface area (Å²) in [5, 5.41) is 5.97. The molecule has 0 radical (unpaired) electrons. The number of ketones is 2. The molecule has 0 aromatic heterocycles. The Morgan fingerprint density at radius 2 is 0.946 bits per heavy atom. The van der Waals surface area contributed by atoms with Crippen molar-refractivity contribution >= 4 is 23.4 Å². The maximum absolute atomic E-state index is 11.8. The Balaban J connectivity index is 0.000000202. The number of carbonyl (C=O) groups excluding carboxylic acids is 4. The minimum Gasteiger partial charge on any atom is -0.352 e. The van der Waals surface area contributed by atoms with Crippen molar-refractivity contribution in [3.8, 4) is 0 Å². The first-order valence-electron chi connectivity index (χ1n) is 24.0. The maximum atomic E-state index is 11.8. The fraction of sp³-hybridized carbons (Fsp3) is 0.820. The predicted molar refractivity (Wildman–Crippen MR) is 234 cm³/mol. The van der Waals surface area contributed by atoms with Gasteiger partial charge in [0.25, 0.3) is 0 Å². The molecule has 2 saturated carbocycles. The molecule has 4 fully saturated rings. The smallest absolute Gasteiger partial charge is 0.225 e. The SMILES string of the molecule is CC[C@@H]1CC/C=C\CCC1C(C)=O.CC[C@@H]1CCCCCCCCCCC1C(C)=O.O=C1N[C@@H]2CC/C=C\CCC12.O=C1N[C@@H]2C[CH+]CCCCCCCCC12. The highest BCUT2D eigenvalue weighted by Gasteiger charge is 2.40. The Labute approximate surface area is 344 Å². The molecule has 56 heavy (non-hydrogen) atoms. The zero-order chi connectivity index (χ0) is 40.4. The van der Waals surface area contributed by atoms with Gasteiger partial charge in [-0.1, -0.05) is 128 Å². The van der Waals surface area contributed by atoms with Crippen molar-refractivity contribution in [1.29, 1.82) is 0 Å². The first-order valence-corrected chi connectivity index (χ1v) is 24.0. The second kappa shape index (κ2) is 28.9. The minimum atomic E-state index is 0.269. The van der Waals surface area contributed by atoms with Gasteiger partial charge in [0.05, 0.1) is 30.7 Å². The molecule has 318 valence electrons. The van der Waals surface area contributed by atoms with E-state index in [1.807, 2.05) is 0 Å². The number of hydrogen-bond donors (Lipinski definition) is 2. The quantitative estimate of drug-likeness (QED) is 0.169. The van der Waals surface area contributed by atoms with Crippen LogP contribution in [0.15, 0.2) is 24.3 Å². The lowest BCUT2D eigenvalue weighted by Crippen LogP contribution is -2.57. The van der Waals surface area contributed by atoms with Gasteiger partial charge in [-0.2, -0.15) is 0 Å². The number of carbonyl (C=O) groups is 4. The molecule has 6 aliphatic rings. The van der Waals surface area contributed by atoms with E-state index in [9.17, 15) is 19.2 Å². The van der Waals surface area contributed by atoms with Crippen molar-refractivity contribution in [1.82, 2.24) is 10.6 Å². The largest absolute Gasteiger partial charge is 0.352 e. The molecule has 6 nitrogen and oxygen atoms in total. The number of allylic oxidation sites excluding steroid dienone is 4. The normalized spacial score (nSPS) is 32.9. The molecule has 8 atom stereocenters. The van der Waals surface area contributed by atoms with Crippen LogP contribution in [0.2, 0.25) is 0 Å². The van der Waals surface area contributed by atoms with E-state index in [0.29, 0.717) is 65.1 Å². The molecule has 4 aliphatic carbocycles. The number of nitrogens with one attached hydrogen (secondary N) is 2. The number of rotatable bonds is 4. The van der Waals surface area contributed by atoms with Gasteiger partial charge in [0.1, 0.15) is 18.0 Å². The van der Waals surface area contributed by atoms with Gasteiger partial charge in [-0.25, -0.2) is 0 Å². The molecule has 2 aliphatic heterocycles. The van der Waals surface area contributed by atoms with E-state index < -0.39 is 0 Å². The molecule has 0 spiro atoms. The first kappa shape index (κ1) is 48.0. The standard InChI is InChI=1S/C16H30O.C13H21NO.C12H20O.C9H13NO/c1-3-15-12-10-8-6-4-5-7-9-11-13-16(15)14(2)17;15-13-11-9-7-5-3-1-2-4-6-8-10-12(11)14-13;1-3-11-8-6-4-5-7-9-12(11)10(2)13;11-9-7-5-3-1-2-4-6-8(7)10-9/h15-16H,3-13H2,1-2H3;8,11-12H,1-7,9-10H2;4-5,11-12H,3,6-9H2,1-2H3;1-2,7-8H,3-6H2,(H,10,11)/p+1/b;;5-4-;2-1-/t15-,16?;11?,12-;11-,12?;7?,8-/m1111/s1. The highest BCUT2D eigenvalue weighted by Crippen LogP contribution is 2.31. The van der Waals surface area contributed by atoms with Crippen LogP contribution in [-0.4, -0.2) is 35.5 Å². The monoisotopic (exact) mass is 778 g/mol. The average molecular weight is 778 g/mol. The lowest BCUT2D eigenvalue weighted by atomic mass is 9.80. The van der Waals surface area contributed by atoms with Gasteiger partial charge >= 0.3 is 0 Å². The average Bonchev–Trinajstić information content (AvgIpc) is 3.14. The van der Waals surface area contributed by atoms with Crippen LogP contribution in [0.4, 0.5) is 0 Å². The zero-order valence-electron chi connectivity index (χ0n) is 36.6. The van der Waals surface area contributed by atoms with Crippen LogP contribution in [0.25, 0.3) is 0 Å². The summed E-state index contributed by atoms with van der Waals surface area (Å²) in [6.07, 6.45) is 47.3. The van der Waals surface area contributed by atoms with E-state index in [0.717, 1.165) is 70.6 Å². The number of Topliss-reactive ketones (excluding diaryl/α,β-unsaturated/α-hetero) is 2. The summed E-state index contributed by atoms with van der Waals surface area (Å²) in [5.74, 6) is 4.04. The highest BCUT2D eigenvalue weighted by molar-refractivity contribution is 5.86. The van der Waals surface area contributed by atoms with Gasteiger partial charge in [0, 0.05) is 17.9 Å². The van der Waals surface area contributed by atoms with E-state index in [1.54, 1.807) is 13.8 Å². The van der Waals surface area contributed by atoms with Gasteiger partial charge in [0.2, 0.25) is 11.8 Å². The predicted octanol–water partition coefficient (Wildman–Crippen LogP) is 12.5. The van der Waals surface area contributed by atoms with Crippen LogP contribution in [-0.2, 0) is 19.2 Å². The molecule has 6 rings (SSSR count). The van der Waals surface area contributed by atoms with E-state index in [2.05, 4.69) is 55.2 Å². The summed E-state index contributed by atoms with van der Waals surface area (Å²) in [6, 6.07) is 0.962. The van der Waals surface area contributed by atoms with Crippen LogP contribution in [0, 0.1) is 41.9 Å². The Bertz CT molecular complexity index is 1180. The topological polar surface area (TPSA) is 92.3 Å². The molecule has 0 aromatic carbocycles. The maximum Gasteiger partial charge on any atom is 0.225 e. The lowest BCUT2D eigenvalue weighted by molar-refractivity contribution is -0.136. The van der Waals surface area contributed by atoms with Crippen LogP contribution in [0.3, 0.4) is 0 Å². The molecule has 2 amide bonds. The highest BCUT2D eigenvalue weighted by atomic mass is 16.2. The molecule has 4 unspecified atom stereocenters. The minimum absolute atomic E-state index is 0.269. The molecule has 0 bridgehead atoms. The van der Waals surface area contributed by atoms with Crippen molar-refractivity contribution in [2.45, 2.75) is 226 Å². The fourth-order valence-corrected chi connectivity index (χ4v) is 10.1. The summed E-state index contributed by atoms with van der Waals surface area (Å²) in [6.45, 7) is 8.01. The molecular weight excluding hydrogens is 693 g/mol. The third kappa shape index (κ3) is 18.0. The van der Waals surface area contributed by atoms with Crippen LogP contribution >= 0.6 is 0 Å². The third-order valence-corrected chi connectivity index (χ3v) is 13.9. The number of hydrogen-bond acceptors (Lipinski definition) is 4. The summed E-state index contributed by atoms with van der Waals surface area (Å²) >= 11 is 0. The summed E-state index contributed by atoms with van der Waals surface area (Å²) in [5.41, 5.74) is 0. The third-order valence-electron chi connectivity index (χ3n) is 13.9.